The minimum atomic E-state index is -0.313. The summed E-state index contributed by atoms with van der Waals surface area (Å²) in [7, 11) is 0. The number of rotatable bonds is 5. The zero-order valence-corrected chi connectivity index (χ0v) is 16.0. The highest BCUT2D eigenvalue weighted by molar-refractivity contribution is 6.09. The fourth-order valence-electron chi connectivity index (χ4n) is 3.40. The van der Waals surface area contributed by atoms with Crippen molar-refractivity contribution in [3.8, 4) is 0 Å². The molecule has 1 saturated carbocycles. The van der Waals surface area contributed by atoms with Gasteiger partial charge in [0, 0.05) is 24.2 Å². The molecule has 1 fully saturated rings. The first-order valence-corrected chi connectivity index (χ1v) is 9.62. The molecule has 0 saturated heterocycles. The number of anilines is 2. The molecule has 1 aliphatic carbocycles. The molecule has 2 aromatic carbocycles. The molecule has 3 amide bonds. The van der Waals surface area contributed by atoms with E-state index >= 15 is 0 Å². The SMILES string of the molecule is CC(=O)Nc1ccc(C(=O)Nc2ccccc2C(=O)NC2CCCCC2)cc1. The lowest BCUT2D eigenvalue weighted by molar-refractivity contribution is -0.114. The maximum atomic E-state index is 12.7. The van der Waals surface area contributed by atoms with E-state index in [1.807, 2.05) is 0 Å². The van der Waals surface area contributed by atoms with Crippen LogP contribution in [0.15, 0.2) is 48.5 Å². The molecule has 0 radical (unpaired) electrons. The van der Waals surface area contributed by atoms with Crippen molar-refractivity contribution in [2.45, 2.75) is 45.1 Å². The summed E-state index contributed by atoms with van der Waals surface area (Å²) in [6.45, 7) is 1.43. The van der Waals surface area contributed by atoms with Crippen LogP contribution in [0.3, 0.4) is 0 Å². The van der Waals surface area contributed by atoms with Crippen molar-refractivity contribution in [1.29, 1.82) is 0 Å². The van der Waals surface area contributed by atoms with Crippen LogP contribution in [0.5, 0.6) is 0 Å². The van der Waals surface area contributed by atoms with E-state index in [4.69, 9.17) is 0 Å². The molecule has 0 atom stereocenters. The number of carbonyl (C=O) groups is 3. The Morgan fingerprint density at radius 1 is 0.821 bits per heavy atom. The van der Waals surface area contributed by atoms with Crippen molar-refractivity contribution in [1.82, 2.24) is 5.32 Å². The van der Waals surface area contributed by atoms with Crippen LogP contribution >= 0.6 is 0 Å². The molecule has 1 aliphatic rings. The van der Waals surface area contributed by atoms with E-state index in [-0.39, 0.29) is 23.8 Å². The molecule has 0 bridgehead atoms. The second kappa shape index (κ2) is 9.17. The van der Waals surface area contributed by atoms with E-state index in [0.29, 0.717) is 22.5 Å². The van der Waals surface area contributed by atoms with Crippen molar-refractivity contribution in [2.24, 2.45) is 0 Å². The highest BCUT2D eigenvalue weighted by atomic mass is 16.2. The summed E-state index contributed by atoms with van der Waals surface area (Å²) in [5, 5.41) is 8.56. The first-order chi connectivity index (χ1) is 13.5. The largest absolute Gasteiger partial charge is 0.349 e. The highest BCUT2D eigenvalue weighted by Gasteiger charge is 2.19. The van der Waals surface area contributed by atoms with Gasteiger partial charge in [0.2, 0.25) is 5.91 Å². The number of hydrogen-bond acceptors (Lipinski definition) is 3. The molecule has 28 heavy (non-hydrogen) atoms. The third-order valence-corrected chi connectivity index (χ3v) is 4.83. The molecule has 146 valence electrons. The second-order valence-electron chi connectivity index (χ2n) is 7.07. The van der Waals surface area contributed by atoms with Gasteiger partial charge in [-0.1, -0.05) is 31.4 Å². The van der Waals surface area contributed by atoms with Gasteiger partial charge >= 0.3 is 0 Å². The number of benzene rings is 2. The quantitative estimate of drug-likeness (QED) is 0.735. The summed E-state index contributed by atoms with van der Waals surface area (Å²) in [5.74, 6) is -0.647. The number of amides is 3. The molecule has 0 aliphatic heterocycles. The Morgan fingerprint density at radius 2 is 1.50 bits per heavy atom. The minimum absolute atomic E-state index is 0.163. The van der Waals surface area contributed by atoms with Gasteiger partial charge in [-0.3, -0.25) is 14.4 Å². The summed E-state index contributed by atoms with van der Waals surface area (Å²) in [5.41, 5.74) is 2.00. The van der Waals surface area contributed by atoms with Crippen LogP contribution in [0.2, 0.25) is 0 Å². The van der Waals surface area contributed by atoms with Crippen molar-refractivity contribution in [3.05, 3.63) is 59.7 Å². The molecule has 0 aromatic heterocycles. The van der Waals surface area contributed by atoms with Gasteiger partial charge in [-0.2, -0.15) is 0 Å². The third-order valence-electron chi connectivity index (χ3n) is 4.83. The lowest BCUT2D eigenvalue weighted by Gasteiger charge is -2.23. The summed E-state index contributed by atoms with van der Waals surface area (Å²) in [4.78, 5) is 36.4. The van der Waals surface area contributed by atoms with Crippen LogP contribution in [-0.2, 0) is 4.79 Å². The molecule has 0 heterocycles. The summed E-state index contributed by atoms with van der Waals surface area (Å²) in [6, 6.07) is 13.8. The van der Waals surface area contributed by atoms with Crippen molar-refractivity contribution >= 4 is 29.1 Å². The Hall–Kier alpha value is -3.15. The number of para-hydroxylation sites is 1. The number of carbonyl (C=O) groups excluding carboxylic acids is 3. The van der Waals surface area contributed by atoms with Crippen LogP contribution in [-0.4, -0.2) is 23.8 Å². The Balaban J connectivity index is 1.69. The van der Waals surface area contributed by atoms with Crippen LogP contribution in [0, 0.1) is 0 Å². The molecule has 2 aromatic rings. The maximum Gasteiger partial charge on any atom is 0.255 e. The number of hydrogen-bond donors (Lipinski definition) is 3. The lowest BCUT2D eigenvalue weighted by Crippen LogP contribution is -2.36. The molecule has 3 rings (SSSR count). The first kappa shape index (κ1) is 19.6. The Bertz CT molecular complexity index is 856. The molecular formula is C22H25N3O3. The Labute approximate surface area is 164 Å². The van der Waals surface area contributed by atoms with Gasteiger partial charge in [0.1, 0.15) is 0 Å². The predicted octanol–water partition coefficient (Wildman–Crippen LogP) is 3.96. The normalized spacial score (nSPS) is 14.2. The van der Waals surface area contributed by atoms with E-state index in [1.165, 1.54) is 13.3 Å². The van der Waals surface area contributed by atoms with Crippen LogP contribution in [0.1, 0.15) is 59.7 Å². The maximum absolute atomic E-state index is 12.7. The van der Waals surface area contributed by atoms with E-state index in [0.717, 1.165) is 25.7 Å². The lowest BCUT2D eigenvalue weighted by atomic mass is 9.95. The average Bonchev–Trinajstić information content (AvgIpc) is 2.69. The van der Waals surface area contributed by atoms with Crippen LogP contribution in [0.4, 0.5) is 11.4 Å². The molecule has 6 heteroatoms. The molecule has 3 N–H and O–H groups in total. The summed E-state index contributed by atoms with van der Waals surface area (Å²) >= 11 is 0. The van der Waals surface area contributed by atoms with Crippen molar-refractivity contribution in [3.63, 3.8) is 0 Å². The zero-order valence-electron chi connectivity index (χ0n) is 16.0. The van der Waals surface area contributed by atoms with E-state index in [2.05, 4.69) is 16.0 Å². The second-order valence-corrected chi connectivity index (χ2v) is 7.07. The van der Waals surface area contributed by atoms with Gasteiger partial charge in [-0.15, -0.1) is 0 Å². The van der Waals surface area contributed by atoms with Gasteiger partial charge < -0.3 is 16.0 Å². The molecule has 0 spiro atoms. The summed E-state index contributed by atoms with van der Waals surface area (Å²) < 4.78 is 0. The van der Waals surface area contributed by atoms with Crippen molar-refractivity contribution < 1.29 is 14.4 Å². The van der Waals surface area contributed by atoms with Gasteiger partial charge in [-0.05, 0) is 49.2 Å². The summed E-state index contributed by atoms with van der Waals surface area (Å²) in [6.07, 6.45) is 5.50. The Kier molecular flexibility index (Phi) is 6.42. The fraction of sp³-hybridized carbons (Fsp3) is 0.318. The molecule has 6 nitrogen and oxygen atoms in total. The zero-order chi connectivity index (χ0) is 19.9. The topological polar surface area (TPSA) is 87.3 Å². The average molecular weight is 379 g/mol. The number of nitrogens with one attached hydrogen (secondary N) is 3. The van der Waals surface area contributed by atoms with E-state index in [9.17, 15) is 14.4 Å². The smallest absolute Gasteiger partial charge is 0.255 e. The highest BCUT2D eigenvalue weighted by Crippen LogP contribution is 2.21. The standard InChI is InChI=1S/C22H25N3O3/c1-15(26)23-18-13-11-16(12-14-18)21(27)25-20-10-6-5-9-19(20)22(28)24-17-7-3-2-4-8-17/h5-6,9-14,17H,2-4,7-8H2,1H3,(H,23,26)(H,24,28)(H,25,27). The monoisotopic (exact) mass is 379 g/mol. The van der Waals surface area contributed by atoms with E-state index in [1.54, 1.807) is 48.5 Å². The van der Waals surface area contributed by atoms with Crippen molar-refractivity contribution in [2.75, 3.05) is 10.6 Å². The van der Waals surface area contributed by atoms with Gasteiger partial charge in [0.05, 0.1) is 11.3 Å². The van der Waals surface area contributed by atoms with Crippen LogP contribution < -0.4 is 16.0 Å². The van der Waals surface area contributed by atoms with Crippen LogP contribution in [0.25, 0.3) is 0 Å². The fourth-order valence-corrected chi connectivity index (χ4v) is 3.40. The van der Waals surface area contributed by atoms with Gasteiger partial charge in [0.15, 0.2) is 0 Å². The van der Waals surface area contributed by atoms with Gasteiger partial charge in [0.25, 0.3) is 11.8 Å². The predicted molar refractivity (Wildman–Crippen MR) is 109 cm³/mol. The van der Waals surface area contributed by atoms with Gasteiger partial charge in [-0.25, -0.2) is 0 Å². The molecule has 0 unspecified atom stereocenters. The minimum Gasteiger partial charge on any atom is -0.349 e. The first-order valence-electron chi connectivity index (χ1n) is 9.62. The van der Waals surface area contributed by atoms with E-state index < -0.39 is 0 Å². The molecular weight excluding hydrogens is 354 g/mol. The Morgan fingerprint density at radius 3 is 2.18 bits per heavy atom. The third kappa shape index (κ3) is 5.19.